The summed E-state index contributed by atoms with van der Waals surface area (Å²) in [6.45, 7) is 6.84. The van der Waals surface area contributed by atoms with Crippen LogP contribution in [-0.2, 0) is 26.7 Å². The molecule has 4 rings (SSSR count). The lowest BCUT2D eigenvalue weighted by Gasteiger charge is -2.23. The normalized spacial score (nSPS) is 15.3. The van der Waals surface area contributed by atoms with Crippen molar-refractivity contribution in [1.29, 1.82) is 0 Å². The molecule has 0 saturated carbocycles. The van der Waals surface area contributed by atoms with Crippen molar-refractivity contribution in [2.45, 2.75) is 44.7 Å². The van der Waals surface area contributed by atoms with Crippen molar-refractivity contribution < 1.29 is 24.2 Å². The second-order valence-corrected chi connectivity index (χ2v) is 14.0. The zero-order chi connectivity index (χ0) is 34.6. The van der Waals surface area contributed by atoms with Gasteiger partial charge in [0.2, 0.25) is 0 Å². The third-order valence-corrected chi connectivity index (χ3v) is 9.79. The van der Waals surface area contributed by atoms with Gasteiger partial charge < -0.3 is 25.5 Å². The standard InChI is InChI=1S/C29H32Cl2N4O3S3.C2H4O2.C2H6/c1-35(15-20-8-3-6-12-26(20)38-17-25-28(31)41-34-33-25)16-23-10-4-7-13-27(40-23)29(37)32-14-22(36)19-39-18-21-9-2-5-11-24(21)30;1-2(3)4;1-2/h2-6,8-13,23,33-34H,7,14-19H2,1H3,(H,32,37);1H3,(H,3,4);1-2H3. The number of nitrogens with one attached hydrogen (secondary N) is 3. The first-order chi connectivity index (χ1) is 22.6. The van der Waals surface area contributed by atoms with Crippen molar-refractivity contribution >= 4 is 76.3 Å². The van der Waals surface area contributed by atoms with Crippen molar-refractivity contribution in [2.24, 2.45) is 0 Å². The molecule has 256 valence electrons. The van der Waals surface area contributed by atoms with E-state index in [1.54, 1.807) is 0 Å². The SMILES string of the molecule is CC.CC(=O)O.CN(Cc1ccccc1OCC1=C(Cl)SNN1)CC1C=CCC=C(C(=O)NCC(=O)CSCc2ccccc2Cl)S1. The molecule has 0 spiro atoms. The van der Waals surface area contributed by atoms with Gasteiger partial charge in [0.15, 0.2) is 5.78 Å². The molecule has 0 aliphatic carbocycles. The Morgan fingerprint density at radius 3 is 2.47 bits per heavy atom. The molecule has 2 aromatic rings. The smallest absolute Gasteiger partial charge is 0.300 e. The number of para-hydroxylation sites is 1. The molecule has 4 N–H and O–H groups in total. The number of carbonyl (C=O) groups is 3. The Balaban J connectivity index is 0.00000119. The number of hydrogen-bond donors (Lipinski definition) is 4. The molecule has 14 heteroatoms. The topological polar surface area (TPSA) is 120 Å². The predicted octanol–water partition coefficient (Wildman–Crippen LogP) is 7.00. The number of hydrogen-bond acceptors (Lipinski definition) is 10. The highest BCUT2D eigenvalue weighted by molar-refractivity contribution is 8.04. The number of Topliss-reactive ketones (excluding diaryl/α,β-unsaturated/α-hetero) is 1. The van der Waals surface area contributed by atoms with Crippen molar-refractivity contribution in [3.8, 4) is 5.75 Å². The largest absolute Gasteiger partial charge is 0.487 e. The third-order valence-electron chi connectivity index (χ3n) is 6.07. The molecule has 1 unspecified atom stereocenters. The highest BCUT2D eigenvalue weighted by Crippen LogP contribution is 2.29. The highest BCUT2D eigenvalue weighted by Gasteiger charge is 2.20. The van der Waals surface area contributed by atoms with E-state index >= 15 is 0 Å². The number of aliphatic carboxylic acids is 1. The Hall–Kier alpha value is -2.58. The van der Waals surface area contributed by atoms with Gasteiger partial charge in [0.05, 0.1) is 22.9 Å². The van der Waals surface area contributed by atoms with Crippen LogP contribution in [0.5, 0.6) is 5.75 Å². The molecule has 9 nitrogen and oxygen atoms in total. The van der Waals surface area contributed by atoms with E-state index < -0.39 is 5.97 Å². The molecule has 1 atom stereocenters. The van der Waals surface area contributed by atoms with Gasteiger partial charge in [-0.1, -0.05) is 91.7 Å². The molecule has 47 heavy (non-hydrogen) atoms. The van der Waals surface area contributed by atoms with E-state index in [-0.39, 0.29) is 23.5 Å². The molecule has 2 aromatic carbocycles. The molecule has 2 aliphatic rings. The van der Waals surface area contributed by atoms with Crippen LogP contribution in [0.1, 0.15) is 38.3 Å². The first-order valence-corrected chi connectivity index (χ1v) is 18.5. The van der Waals surface area contributed by atoms with Crippen LogP contribution in [0, 0.1) is 0 Å². The van der Waals surface area contributed by atoms with Crippen LogP contribution in [0.25, 0.3) is 0 Å². The number of hydrazine groups is 1. The summed E-state index contributed by atoms with van der Waals surface area (Å²) in [5.74, 6) is 0.694. The van der Waals surface area contributed by atoms with Gasteiger partial charge in [-0.2, -0.15) is 4.83 Å². The minimum atomic E-state index is -0.833. The maximum absolute atomic E-state index is 12.9. The molecule has 0 fully saturated rings. The van der Waals surface area contributed by atoms with E-state index in [0.717, 1.165) is 36.0 Å². The fourth-order valence-corrected chi connectivity index (χ4v) is 7.15. The summed E-state index contributed by atoms with van der Waals surface area (Å²) in [7, 11) is 2.05. The molecule has 0 aromatic heterocycles. The average Bonchev–Trinajstić information content (AvgIpc) is 3.31. The lowest BCUT2D eigenvalue weighted by Crippen LogP contribution is -2.32. The lowest BCUT2D eigenvalue weighted by molar-refractivity contribution is -0.134. The van der Waals surface area contributed by atoms with Crippen LogP contribution in [-0.4, -0.2) is 65.4 Å². The van der Waals surface area contributed by atoms with Gasteiger partial charge in [0.1, 0.15) is 16.7 Å². The second-order valence-electron chi connectivity index (χ2n) is 9.89. The van der Waals surface area contributed by atoms with Crippen LogP contribution in [0.2, 0.25) is 5.02 Å². The number of rotatable bonds is 14. The van der Waals surface area contributed by atoms with Gasteiger partial charge in [0.25, 0.3) is 11.9 Å². The predicted molar refractivity (Wildman–Crippen MR) is 199 cm³/mol. The quantitative estimate of drug-likeness (QED) is 0.118. The number of halogens is 2. The van der Waals surface area contributed by atoms with E-state index in [4.69, 9.17) is 37.8 Å². The van der Waals surface area contributed by atoms with E-state index in [9.17, 15) is 9.59 Å². The van der Waals surface area contributed by atoms with E-state index in [1.165, 1.54) is 35.5 Å². The second kappa shape index (κ2) is 22.9. The number of carboxylic acids is 1. The van der Waals surface area contributed by atoms with Gasteiger partial charge in [-0.15, -0.1) is 23.5 Å². The number of nitrogens with zero attached hydrogens (tertiary/aromatic N) is 1. The van der Waals surface area contributed by atoms with Crippen molar-refractivity contribution in [3.05, 3.63) is 97.9 Å². The van der Waals surface area contributed by atoms with Gasteiger partial charge in [-0.3, -0.25) is 14.4 Å². The summed E-state index contributed by atoms with van der Waals surface area (Å²) in [6, 6.07) is 15.6. The van der Waals surface area contributed by atoms with E-state index in [1.807, 2.05) is 62.4 Å². The maximum atomic E-state index is 12.9. The fourth-order valence-electron chi connectivity index (χ4n) is 4.03. The molecule has 0 saturated heterocycles. The van der Waals surface area contributed by atoms with Crippen LogP contribution in [0.15, 0.2) is 81.7 Å². The molecule has 2 aliphatic heterocycles. The Labute approximate surface area is 300 Å². The van der Waals surface area contributed by atoms with Gasteiger partial charge in [-0.05, 0) is 43.1 Å². The van der Waals surface area contributed by atoms with Crippen LogP contribution in [0.4, 0.5) is 0 Å². The number of ketones is 1. The summed E-state index contributed by atoms with van der Waals surface area (Å²) in [4.78, 5) is 40.0. The number of carbonyl (C=O) groups excluding carboxylic acids is 2. The Morgan fingerprint density at radius 2 is 1.79 bits per heavy atom. The first-order valence-electron chi connectivity index (χ1n) is 14.9. The molecule has 0 radical (unpaired) electrons. The number of ether oxygens (including phenoxy) is 1. The average molecular weight is 742 g/mol. The molecule has 1 amide bonds. The monoisotopic (exact) mass is 740 g/mol. The number of carboxylic acid groups (broad SMARTS) is 1. The van der Waals surface area contributed by atoms with Crippen LogP contribution in [0.3, 0.4) is 0 Å². The first kappa shape index (κ1) is 40.6. The van der Waals surface area contributed by atoms with Crippen LogP contribution >= 0.6 is 58.7 Å². The van der Waals surface area contributed by atoms with E-state index in [2.05, 4.69) is 45.7 Å². The van der Waals surface area contributed by atoms with Crippen molar-refractivity contribution in [2.75, 3.05) is 32.5 Å². The zero-order valence-electron chi connectivity index (χ0n) is 26.9. The minimum absolute atomic E-state index is 0.00736. The third kappa shape index (κ3) is 15.9. The Morgan fingerprint density at radius 1 is 1.11 bits per heavy atom. The van der Waals surface area contributed by atoms with Crippen molar-refractivity contribution in [1.82, 2.24) is 20.5 Å². The molecule has 0 bridgehead atoms. The molecular formula is C33H42Cl2N4O5S3. The lowest BCUT2D eigenvalue weighted by atomic mass is 10.2. The zero-order valence-corrected chi connectivity index (χ0v) is 30.8. The Kier molecular flexibility index (Phi) is 19.8. The fraction of sp³-hybridized carbons (Fsp3) is 0.364. The summed E-state index contributed by atoms with van der Waals surface area (Å²) in [5, 5.41) is 11.0. The maximum Gasteiger partial charge on any atom is 0.300 e. The van der Waals surface area contributed by atoms with Crippen molar-refractivity contribution in [3.63, 3.8) is 0 Å². The summed E-state index contributed by atoms with van der Waals surface area (Å²) in [5.41, 5.74) is 5.85. The summed E-state index contributed by atoms with van der Waals surface area (Å²) in [6.07, 6.45) is 6.81. The summed E-state index contributed by atoms with van der Waals surface area (Å²) >= 11 is 16.7. The van der Waals surface area contributed by atoms with Gasteiger partial charge in [0, 0.05) is 41.6 Å². The number of allylic oxidation sites excluding steroid dienone is 2. The number of thioether (sulfide) groups is 2. The number of benzene rings is 2. The van der Waals surface area contributed by atoms with Gasteiger partial charge >= 0.3 is 0 Å². The Bertz CT molecular complexity index is 1420. The minimum Gasteiger partial charge on any atom is -0.487 e. The molecular weight excluding hydrogens is 699 g/mol. The van der Waals surface area contributed by atoms with Gasteiger partial charge in [-0.25, -0.2) is 0 Å². The summed E-state index contributed by atoms with van der Waals surface area (Å²) < 4.78 is 6.69. The number of amides is 1. The van der Waals surface area contributed by atoms with E-state index in [0.29, 0.717) is 45.4 Å². The highest BCUT2D eigenvalue weighted by atomic mass is 35.5. The van der Waals surface area contributed by atoms with Crippen LogP contribution < -0.4 is 20.3 Å². The molecule has 2 heterocycles.